The lowest BCUT2D eigenvalue weighted by molar-refractivity contribution is 0.219. The Morgan fingerprint density at radius 2 is 1.50 bits per heavy atom. The van der Waals surface area contributed by atoms with Gasteiger partial charge in [0.2, 0.25) is 0 Å². The molecule has 0 aliphatic rings. The molecule has 0 aromatic heterocycles. The largest absolute Gasteiger partial charge is 0.403 e. The smallest absolute Gasteiger partial charge is 0.193 e. The molecule has 0 radical (unpaired) electrons. The highest BCUT2D eigenvalue weighted by Crippen LogP contribution is 2.37. The summed E-state index contributed by atoms with van der Waals surface area (Å²) >= 11 is 0. The quantitative estimate of drug-likeness (QED) is 0.267. The lowest BCUT2D eigenvalue weighted by atomic mass is 10.1. The van der Waals surface area contributed by atoms with Crippen molar-refractivity contribution >= 4 is 8.32 Å². The predicted molar refractivity (Wildman–Crippen MR) is 93.5 cm³/mol. The average molecular weight is 297 g/mol. The molecule has 0 heterocycles. The van der Waals surface area contributed by atoms with E-state index < -0.39 is 8.32 Å². The standard InChI is InChI=1S/C18H36OSi/c1-8-10-11-12-13-14-15-16-17(9-2)19-20(6,7)18(3,4)5/h2,17H,8,10-16H2,1,3-7H3. The number of unbranched alkanes of at least 4 members (excludes halogenated alkanes) is 6. The summed E-state index contributed by atoms with van der Waals surface area (Å²) in [6.45, 7) is 13.6. The highest BCUT2D eigenvalue weighted by Gasteiger charge is 2.38. The molecule has 20 heavy (non-hydrogen) atoms. The van der Waals surface area contributed by atoms with Gasteiger partial charge in [0.1, 0.15) is 6.10 Å². The van der Waals surface area contributed by atoms with E-state index in [1.165, 1.54) is 44.9 Å². The second-order valence-corrected chi connectivity index (χ2v) is 12.2. The van der Waals surface area contributed by atoms with E-state index in [4.69, 9.17) is 10.8 Å². The van der Waals surface area contributed by atoms with Crippen LogP contribution in [0.25, 0.3) is 0 Å². The number of rotatable bonds is 10. The molecule has 1 atom stereocenters. The molecule has 0 N–H and O–H groups in total. The molecule has 0 aliphatic carbocycles. The highest BCUT2D eigenvalue weighted by atomic mass is 28.4. The first-order valence-corrected chi connectivity index (χ1v) is 11.3. The van der Waals surface area contributed by atoms with Crippen molar-refractivity contribution in [3.8, 4) is 12.3 Å². The normalized spacial score (nSPS) is 14.1. The minimum absolute atomic E-state index is 0.0199. The van der Waals surface area contributed by atoms with Gasteiger partial charge in [-0.25, -0.2) is 0 Å². The predicted octanol–water partition coefficient (Wildman–Crippen LogP) is 6.15. The van der Waals surface area contributed by atoms with Gasteiger partial charge >= 0.3 is 0 Å². The summed E-state index contributed by atoms with van der Waals surface area (Å²) in [4.78, 5) is 0. The Morgan fingerprint density at radius 3 is 1.95 bits per heavy atom. The van der Waals surface area contributed by atoms with Crippen LogP contribution in [0, 0.1) is 12.3 Å². The third kappa shape index (κ3) is 8.12. The van der Waals surface area contributed by atoms with E-state index >= 15 is 0 Å². The average Bonchev–Trinajstić information content (AvgIpc) is 2.34. The third-order valence-corrected chi connectivity index (χ3v) is 8.98. The van der Waals surface area contributed by atoms with Crippen molar-refractivity contribution in [2.45, 2.75) is 103 Å². The van der Waals surface area contributed by atoms with Crippen molar-refractivity contribution in [3.05, 3.63) is 0 Å². The van der Waals surface area contributed by atoms with Gasteiger partial charge in [-0.15, -0.1) is 6.42 Å². The Bertz CT molecular complexity index is 283. The zero-order valence-corrected chi connectivity index (χ0v) is 15.7. The third-order valence-electron chi connectivity index (χ3n) is 4.50. The molecule has 0 rings (SSSR count). The Kier molecular flexibility index (Phi) is 9.51. The van der Waals surface area contributed by atoms with E-state index in [9.17, 15) is 0 Å². The van der Waals surface area contributed by atoms with Gasteiger partial charge in [0.25, 0.3) is 0 Å². The van der Waals surface area contributed by atoms with E-state index in [-0.39, 0.29) is 11.1 Å². The van der Waals surface area contributed by atoms with Gasteiger partial charge in [0, 0.05) is 0 Å². The maximum absolute atomic E-state index is 6.30. The van der Waals surface area contributed by atoms with Crippen LogP contribution in [0.15, 0.2) is 0 Å². The van der Waals surface area contributed by atoms with Crippen LogP contribution in [0.1, 0.15) is 79.1 Å². The molecule has 0 aromatic rings. The monoisotopic (exact) mass is 296 g/mol. The number of hydrogen-bond acceptors (Lipinski definition) is 1. The molecule has 0 fully saturated rings. The molecule has 0 saturated heterocycles. The van der Waals surface area contributed by atoms with E-state index in [0.717, 1.165) is 6.42 Å². The van der Waals surface area contributed by atoms with Crippen molar-refractivity contribution in [1.82, 2.24) is 0 Å². The molecule has 0 bridgehead atoms. The Hall–Kier alpha value is -0.263. The maximum atomic E-state index is 6.30. The molecule has 0 amide bonds. The van der Waals surface area contributed by atoms with Crippen molar-refractivity contribution in [3.63, 3.8) is 0 Å². The summed E-state index contributed by atoms with van der Waals surface area (Å²) < 4.78 is 6.30. The van der Waals surface area contributed by atoms with Crippen LogP contribution in [0.4, 0.5) is 0 Å². The Morgan fingerprint density at radius 1 is 1.00 bits per heavy atom. The fourth-order valence-electron chi connectivity index (χ4n) is 2.00. The summed E-state index contributed by atoms with van der Waals surface area (Å²) in [5.74, 6) is 2.85. The van der Waals surface area contributed by atoms with Crippen LogP contribution in [0.5, 0.6) is 0 Å². The zero-order valence-electron chi connectivity index (χ0n) is 14.7. The second kappa shape index (κ2) is 9.63. The SMILES string of the molecule is C#CC(CCCCCCCCC)O[Si](C)(C)C(C)(C)C. The molecule has 1 unspecified atom stereocenters. The van der Waals surface area contributed by atoms with Gasteiger partial charge < -0.3 is 4.43 Å². The molecule has 2 heteroatoms. The highest BCUT2D eigenvalue weighted by molar-refractivity contribution is 6.74. The van der Waals surface area contributed by atoms with Gasteiger partial charge in [0.15, 0.2) is 8.32 Å². The lowest BCUT2D eigenvalue weighted by Gasteiger charge is -2.38. The first-order chi connectivity index (χ1) is 9.24. The van der Waals surface area contributed by atoms with Crippen LogP contribution in [0.2, 0.25) is 18.1 Å². The van der Waals surface area contributed by atoms with Crippen molar-refractivity contribution < 1.29 is 4.43 Å². The van der Waals surface area contributed by atoms with E-state index in [1.54, 1.807) is 0 Å². The van der Waals surface area contributed by atoms with Crippen LogP contribution >= 0.6 is 0 Å². The van der Waals surface area contributed by atoms with E-state index in [1.807, 2.05) is 0 Å². The van der Waals surface area contributed by atoms with Gasteiger partial charge in [-0.2, -0.15) is 0 Å². The van der Waals surface area contributed by atoms with Crippen LogP contribution in [0.3, 0.4) is 0 Å². The van der Waals surface area contributed by atoms with E-state index in [0.29, 0.717) is 0 Å². The molecule has 118 valence electrons. The summed E-state index contributed by atoms with van der Waals surface area (Å²) in [6.07, 6.45) is 16.0. The first kappa shape index (κ1) is 19.7. The molecular weight excluding hydrogens is 260 g/mol. The molecule has 1 nitrogen and oxygen atoms in total. The molecule has 0 saturated carbocycles. The second-order valence-electron chi connectivity index (χ2n) is 7.44. The van der Waals surface area contributed by atoms with Crippen LogP contribution in [-0.4, -0.2) is 14.4 Å². The molecule has 0 aliphatic heterocycles. The first-order valence-electron chi connectivity index (χ1n) is 8.38. The number of hydrogen-bond donors (Lipinski definition) is 0. The van der Waals surface area contributed by atoms with Gasteiger partial charge in [-0.1, -0.05) is 72.1 Å². The Labute approximate surface area is 129 Å². The van der Waals surface area contributed by atoms with Crippen molar-refractivity contribution in [2.24, 2.45) is 0 Å². The molecular formula is C18H36OSi. The maximum Gasteiger partial charge on any atom is 0.193 e. The molecule has 0 aromatic carbocycles. The van der Waals surface area contributed by atoms with Gasteiger partial charge in [0.05, 0.1) is 0 Å². The minimum Gasteiger partial charge on any atom is -0.403 e. The molecule has 0 spiro atoms. The van der Waals surface area contributed by atoms with Gasteiger partial charge in [-0.3, -0.25) is 0 Å². The van der Waals surface area contributed by atoms with Crippen molar-refractivity contribution in [2.75, 3.05) is 0 Å². The lowest BCUT2D eigenvalue weighted by Crippen LogP contribution is -2.43. The van der Waals surface area contributed by atoms with Crippen LogP contribution in [-0.2, 0) is 4.43 Å². The fourth-order valence-corrected chi connectivity index (χ4v) is 3.25. The summed E-state index contributed by atoms with van der Waals surface area (Å²) in [7, 11) is -1.72. The summed E-state index contributed by atoms with van der Waals surface area (Å²) in [5, 5.41) is 0.238. The van der Waals surface area contributed by atoms with Gasteiger partial charge in [-0.05, 0) is 31.0 Å². The zero-order chi connectivity index (χ0) is 15.6. The summed E-state index contributed by atoms with van der Waals surface area (Å²) in [5.41, 5.74) is 0. The van der Waals surface area contributed by atoms with E-state index in [2.05, 4.69) is 46.7 Å². The minimum atomic E-state index is -1.72. The summed E-state index contributed by atoms with van der Waals surface area (Å²) in [6, 6.07) is 0. The van der Waals surface area contributed by atoms with Crippen LogP contribution < -0.4 is 0 Å². The Balaban J connectivity index is 3.92. The van der Waals surface area contributed by atoms with Crippen molar-refractivity contribution in [1.29, 1.82) is 0 Å². The fraction of sp³-hybridized carbons (Fsp3) is 0.889. The topological polar surface area (TPSA) is 9.23 Å². The number of terminal acetylenes is 1.